The van der Waals surface area contributed by atoms with Gasteiger partial charge in [0, 0.05) is 19.8 Å². The zero-order chi connectivity index (χ0) is 10.2. The molecule has 0 bridgehead atoms. The van der Waals surface area contributed by atoms with Crippen molar-refractivity contribution in [2.45, 2.75) is 13.8 Å². The van der Waals surface area contributed by atoms with Gasteiger partial charge in [-0.15, -0.1) is 6.58 Å². The van der Waals surface area contributed by atoms with Crippen LogP contribution in [0.1, 0.15) is 13.8 Å². The van der Waals surface area contributed by atoms with Crippen LogP contribution in [-0.4, -0.2) is 33.1 Å². The van der Waals surface area contributed by atoms with E-state index in [1.807, 2.05) is 13.8 Å². The van der Waals surface area contributed by atoms with E-state index in [9.17, 15) is 0 Å². The van der Waals surface area contributed by atoms with Crippen LogP contribution in [0.4, 0.5) is 0 Å². The van der Waals surface area contributed by atoms with E-state index >= 15 is 0 Å². The lowest BCUT2D eigenvalue weighted by molar-refractivity contribution is 1.28. The molecule has 0 saturated heterocycles. The molecular weight excluding hydrogens is 150 g/mol. The average Bonchev–Trinajstić information content (AvgIpc) is 2.12. The summed E-state index contributed by atoms with van der Waals surface area (Å²) in [7, 11) is 1.70. The highest BCUT2D eigenvalue weighted by Crippen LogP contribution is 1.59. The van der Waals surface area contributed by atoms with Crippen molar-refractivity contribution in [3.8, 4) is 0 Å². The molecule has 0 rings (SSSR count). The predicted octanol–water partition coefficient (Wildman–Crippen LogP) is 1.54. The van der Waals surface area contributed by atoms with Gasteiger partial charge >= 0.3 is 0 Å². The fraction of sp³-hybridized carbons (Fsp3) is 0.556. The number of hydrogen-bond acceptors (Lipinski definition) is 3. The normalized spacial score (nSPS) is 7.33. The highest BCUT2D eigenvalue weighted by atomic mass is 14.7. The number of aliphatic imine (C=N–C) groups is 2. The molecule has 0 heterocycles. The Labute approximate surface area is 76.1 Å². The summed E-state index contributed by atoms with van der Waals surface area (Å²) in [6, 6.07) is 0. The van der Waals surface area contributed by atoms with Crippen LogP contribution in [0.25, 0.3) is 0 Å². The van der Waals surface area contributed by atoms with E-state index in [-0.39, 0.29) is 0 Å². The lowest BCUT2D eigenvalue weighted by Crippen LogP contribution is -1.97. The van der Waals surface area contributed by atoms with E-state index in [1.54, 1.807) is 19.3 Å². The Balaban J connectivity index is -0.000000112. The van der Waals surface area contributed by atoms with Gasteiger partial charge in [-0.2, -0.15) is 0 Å². The largest absolute Gasteiger partial charge is 0.326 e. The number of nitrogens with two attached hydrogens (primary N) is 1. The third-order valence-electron chi connectivity index (χ3n) is 0.546. The van der Waals surface area contributed by atoms with E-state index in [1.165, 1.54) is 0 Å². The van der Waals surface area contributed by atoms with Crippen molar-refractivity contribution in [2.24, 2.45) is 15.7 Å². The summed E-state index contributed by atoms with van der Waals surface area (Å²) in [5.41, 5.74) is 4.99. The Morgan fingerprint density at radius 3 is 1.92 bits per heavy atom. The summed E-state index contributed by atoms with van der Waals surface area (Å²) in [6.07, 6.45) is 3.35. The number of hydrogen-bond donors (Lipinski definition) is 1. The predicted molar refractivity (Wildman–Crippen MR) is 59.4 cm³/mol. The van der Waals surface area contributed by atoms with E-state index < -0.39 is 0 Å². The number of nitrogens with zero attached hydrogens (tertiary/aromatic N) is 2. The van der Waals surface area contributed by atoms with Gasteiger partial charge in [0.2, 0.25) is 0 Å². The highest BCUT2D eigenvalue weighted by Gasteiger charge is 1.52. The first kappa shape index (κ1) is 17.2. The van der Waals surface area contributed by atoms with Gasteiger partial charge in [0.25, 0.3) is 0 Å². The van der Waals surface area contributed by atoms with Crippen LogP contribution in [0.5, 0.6) is 0 Å². The van der Waals surface area contributed by atoms with Gasteiger partial charge < -0.3 is 5.73 Å². The molecule has 3 heteroatoms. The molecule has 0 unspecified atom stereocenters. The van der Waals surface area contributed by atoms with Gasteiger partial charge in [-0.25, -0.2) is 0 Å². The summed E-state index contributed by atoms with van der Waals surface area (Å²) in [6.45, 7) is 11.9. The summed E-state index contributed by atoms with van der Waals surface area (Å²) < 4.78 is 0. The SMILES string of the molecule is C=CCN=C.CC.CN=CCN. The molecule has 72 valence electrons. The molecule has 0 aromatic heterocycles. The lowest BCUT2D eigenvalue weighted by atomic mass is 10.7. The zero-order valence-corrected chi connectivity index (χ0v) is 8.45. The Hall–Kier alpha value is -0.960. The fourth-order valence-electron chi connectivity index (χ4n) is 0.197. The maximum atomic E-state index is 4.99. The summed E-state index contributed by atoms with van der Waals surface area (Å²) >= 11 is 0. The van der Waals surface area contributed by atoms with Crippen molar-refractivity contribution >= 4 is 12.9 Å². The van der Waals surface area contributed by atoms with Gasteiger partial charge in [0.15, 0.2) is 0 Å². The topological polar surface area (TPSA) is 50.7 Å². The van der Waals surface area contributed by atoms with Gasteiger partial charge in [-0.1, -0.05) is 19.9 Å². The summed E-state index contributed by atoms with van der Waals surface area (Å²) in [5, 5.41) is 0. The van der Waals surface area contributed by atoms with Crippen molar-refractivity contribution in [1.29, 1.82) is 0 Å². The van der Waals surface area contributed by atoms with Crippen LogP contribution in [0, 0.1) is 0 Å². The molecule has 0 aromatic rings. The standard InChI is InChI=1S/C4H7N.C3H8N2.C2H6/c1-3-4-5-2;1-5-3-2-4;1-2/h3H,1-2,4H2;3H,2,4H2,1H3;1-2H3. The molecule has 2 N–H and O–H groups in total. The maximum Gasteiger partial charge on any atom is 0.0560 e. The Morgan fingerprint density at radius 1 is 1.42 bits per heavy atom. The zero-order valence-electron chi connectivity index (χ0n) is 8.45. The molecule has 12 heavy (non-hydrogen) atoms. The molecule has 0 spiro atoms. The molecular formula is C9H21N3. The van der Waals surface area contributed by atoms with Gasteiger partial charge in [0.1, 0.15) is 0 Å². The molecule has 0 amide bonds. The van der Waals surface area contributed by atoms with Crippen molar-refractivity contribution in [2.75, 3.05) is 20.1 Å². The molecule has 0 aromatic carbocycles. The van der Waals surface area contributed by atoms with Crippen LogP contribution < -0.4 is 5.73 Å². The molecule has 0 fully saturated rings. The second-order valence-electron chi connectivity index (χ2n) is 1.37. The van der Waals surface area contributed by atoms with Crippen LogP contribution in [0.15, 0.2) is 22.6 Å². The molecule has 0 aliphatic rings. The highest BCUT2D eigenvalue weighted by molar-refractivity contribution is 5.58. The van der Waals surface area contributed by atoms with Gasteiger partial charge in [-0.05, 0) is 6.72 Å². The Bertz CT molecular complexity index is 91.9. The molecule has 0 saturated carbocycles. The quantitative estimate of drug-likeness (QED) is 0.508. The third-order valence-corrected chi connectivity index (χ3v) is 0.546. The van der Waals surface area contributed by atoms with Gasteiger partial charge in [0.05, 0.1) is 6.54 Å². The van der Waals surface area contributed by atoms with E-state index in [4.69, 9.17) is 5.73 Å². The van der Waals surface area contributed by atoms with Crippen LogP contribution in [0.3, 0.4) is 0 Å². The minimum Gasteiger partial charge on any atom is -0.326 e. The second kappa shape index (κ2) is 32.3. The van der Waals surface area contributed by atoms with Crippen LogP contribution >= 0.6 is 0 Å². The number of rotatable bonds is 3. The smallest absolute Gasteiger partial charge is 0.0560 e. The fourth-order valence-corrected chi connectivity index (χ4v) is 0.197. The van der Waals surface area contributed by atoms with Crippen molar-refractivity contribution < 1.29 is 0 Å². The Morgan fingerprint density at radius 2 is 1.92 bits per heavy atom. The first-order chi connectivity index (χ1) is 5.83. The minimum absolute atomic E-state index is 0.552. The van der Waals surface area contributed by atoms with Crippen LogP contribution in [-0.2, 0) is 0 Å². The summed E-state index contributed by atoms with van der Waals surface area (Å²) in [5.74, 6) is 0. The van der Waals surface area contributed by atoms with E-state index in [0.29, 0.717) is 13.1 Å². The van der Waals surface area contributed by atoms with Crippen molar-refractivity contribution in [3.63, 3.8) is 0 Å². The summed E-state index contributed by atoms with van der Waals surface area (Å²) in [4.78, 5) is 7.09. The molecule has 0 atom stereocenters. The average molecular weight is 171 g/mol. The second-order valence-corrected chi connectivity index (χ2v) is 1.37. The van der Waals surface area contributed by atoms with E-state index in [0.717, 1.165) is 0 Å². The molecule has 0 radical (unpaired) electrons. The first-order valence-electron chi connectivity index (χ1n) is 3.97. The molecule has 0 aliphatic heterocycles. The molecule has 3 nitrogen and oxygen atoms in total. The first-order valence-corrected chi connectivity index (χ1v) is 3.97. The maximum absolute atomic E-state index is 4.99. The van der Waals surface area contributed by atoms with E-state index in [2.05, 4.69) is 23.3 Å². The lowest BCUT2D eigenvalue weighted by Gasteiger charge is -1.67. The third kappa shape index (κ3) is 63.2. The van der Waals surface area contributed by atoms with Crippen LogP contribution in [0.2, 0.25) is 0 Å². The van der Waals surface area contributed by atoms with Gasteiger partial charge in [-0.3, -0.25) is 9.98 Å². The minimum atomic E-state index is 0.552. The van der Waals surface area contributed by atoms with Crippen molar-refractivity contribution in [3.05, 3.63) is 12.7 Å². The Kier molecular flexibility index (Phi) is 46.3. The monoisotopic (exact) mass is 171 g/mol. The molecule has 0 aliphatic carbocycles. The van der Waals surface area contributed by atoms with Crippen molar-refractivity contribution in [1.82, 2.24) is 0 Å².